The van der Waals surface area contributed by atoms with E-state index in [0.29, 0.717) is 11.8 Å². The molecule has 2 aliphatic carbocycles. The molecule has 2 aliphatic rings. The molecule has 0 amide bonds. The second-order valence-corrected chi connectivity index (χ2v) is 5.19. The van der Waals surface area contributed by atoms with Crippen molar-refractivity contribution in [2.45, 2.75) is 25.6 Å². The highest BCUT2D eigenvalue weighted by atomic mass is 19.4. The average molecular weight is 270 g/mol. The Balaban J connectivity index is 1.82. The van der Waals surface area contributed by atoms with Gasteiger partial charge in [-0.2, -0.15) is 0 Å². The van der Waals surface area contributed by atoms with Crippen molar-refractivity contribution in [2.24, 2.45) is 17.8 Å². The van der Waals surface area contributed by atoms with Crippen LogP contribution in [0.1, 0.15) is 29.6 Å². The van der Waals surface area contributed by atoms with Gasteiger partial charge in [0.25, 0.3) is 0 Å². The monoisotopic (exact) mass is 270 g/mol. The average Bonchev–Trinajstić information content (AvgIpc) is 2.80. The van der Waals surface area contributed by atoms with E-state index in [2.05, 4.69) is 4.74 Å². The summed E-state index contributed by atoms with van der Waals surface area (Å²) in [4.78, 5) is 12.3. The number of ether oxygens (including phenoxy) is 1. The molecule has 5 heteroatoms. The number of halogens is 3. The molecular formula is C14H13F3O2. The molecule has 2 atom stereocenters. The minimum atomic E-state index is -4.77. The van der Waals surface area contributed by atoms with Gasteiger partial charge in [-0.25, -0.2) is 0 Å². The fourth-order valence-corrected chi connectivity index (χ4v) is 3.27. The fraction of sp³-hybridized carbons (Fsp3) is 0.500. The Kier molecular flexibility index (Phi) is 2.80. The second kappa shape index (κ2) is 4.25. The van der Waals surface area contributed by atoms with Crippen LogP contribution in [-0.4, -0.2) is 12.1 Å². The van der Waals surface area contributed by atoms with E-state index >= 15 is 0 Å². The van der Waals surface area contributed by atoms with Gasteiger partial charge in [-0.3, -0.25) is 4.79 Å². The van der Waals surface area contributed by atoms with Crippen LogP contribution in [0.5, 0.6) is 5.75 Å². The number of Topliss-reactive ketones (excluding diaryl/α,β-unsaturated/α-hetero) is 1. The van der Waals surface area contributed by atoms with E-state index in [1.165, 1.54) is 18.2 Å². The topological polar surface area (TPSA) is 26.3 Å². The molecule has 3 rings (SSSR count). The second-order valence-electron chi connectivity index (χ2n) is 5.19. The number of fused-ring (bicyclic) bond motifs is 1. The lowest BCUT2D eigenvalue weighted by atomic mass is 10.0. The maximum atomic E-state index is 12.3. The first kappa shape index (κ1) is 12.5. The molecule has 2 saturated carbocycles. The molecule has 2 fully saturated rings. The number of hydrogen-bond donors (Lipinski definition) is 0. The number of para-hydroxylation sites is 1. The van der Waals surface area contributed by atoms with Gasteiger partial charge in [-0.15, -0.1) is 13.2 Å². The number of benzene rings is 1. The fourth-order valence-electron chi connectivity index (χ4n) is 3.27. The van der Waals surface area contributed by atoms with Gasteiger partial charge in [0, 0.05) is 5.92 Å². The van der Waals surface area contributed by atoms with Gasteiger partial charge in [-0.05, 0) is 36.8 Å². The zero-order valence-corrected chi connectivity index (χ0v) is 10.1. The minimum Gasteiger partial charge on any atom is -0.405 e. The number of hydrogen-bond acceptors (Lipinski definition) is 2. The molecule has 0 aliphatic heterocycles. The van der Waals surface area contributed by atoms with Crippen LogP contribution in [0.3, 0.4) is 0 Å². The number of rotatable bonds is 3. The SMILES string of the molecule is O=C(c1ccccc1OC(F)(F)F)C1C2CCCC21. The van der Waals surface area contributed by atoms with Crippen LogP contribution in [-0.2, 0) is 0 Å². The van der Waals surface area contributed by atoms with E-state index in [-0.39, 0.29) is 23.0 Å². The summed E-state index contributed by atoms with van der Waals surface area (Å²) in [5.41, 5.74) is 0.0548. The van der Waals surface area contributed by atoms with E-state index < -0.39 is 6.36 Å². The Labute approximate surface area is 108 Å². The third-order valence-electron chi connectivity index (χ3n) is 4.09. The van der Waals surface area contributed by atoms with Gasteiger partial charge >= 0.3 is 6.36 Å². The van der Waals surface area contributed by atoms with E-state index in [1.807, 2.05) is 0 Å². The van der Waals surface area contributed by atoms with Crippen LogP contribution in [0, 0.1) is 17.8 Å². The third kappa shape index (κ3) is 2.33. The van der Waals surface area contributed by atoms with Crippen molar-refractivity contribution < 1.29 is 22.7 Å². The normalized spacial score (nSPS) is 28.9. The summed E-state index contributed by atoms with van der Waals surface area (Å²) in [5, 5.41) is 0. The molecule has 2 unspecified atom stereocenters. The van der Waals surface area contributed by atoms with Gasteiger partial charge in [0.2, 0.25) is 0 Å². The van der Waals surface area contributed by atoms with Gasteiger partial charge < -0.3 is 4.74 Å². The Hall–Kier alpha value is -1.52. The predicted molar refractivity (Wildman–Crippen MR) is 61.8 cm³/mol. The summed E-state index contributed by atoms with van der Waals surface area (Å²) >= 11 is 0. The molecule has 1 aromatic carbocycles. The summed E-state index contributed by atoms with van der Waals surface area (Å²) in [6.45, 7) is 0. The molecule has 0 N–H and O–H groups in total. The van der Waals surface area contributed by atoms with Gasteiger partial charge in [0.05, 0.1) is 5.56 Å². The number of carbonyl (C=O) groups is 1. The largest absolute Gasteiger partial charge is 0.573 e. The van der Waals surface area contributed by atoms with Crippen molar-refractivity contribution in [3.05, 3.63) is 29.8 Å². The minimum absolute atomic E-state index is 0.0548. The molecule has 0 spiro atoms. The summed E-state index contributed by atoms with van der Waals surface area (Å²) < 4.78 is 40.8. The van der Waals surface area contributed by atoms with Crippen LogP contribution >= 0.6 is 0 Å². The number of carbonyl (C=O) groups excluding carboxylic acids is 1. The highest BCUT2D eigenvalue weighted by Crippen LogP contribution is 2.58. The summed E-state index contributed by atoms with van der Waals surface area (Å²) in [7, 11) is 0. The van der Waals surface area contributed by atoms with Gasteiger partial charge in [0.15, 0.2) is 5.78 Å². The number of ketones is 1. The van der Waals surface area contributed by atoms with Crippen molar-refractivity contribution >= 4 is 5.78 Å². The quantitative estimate of drug-likeness (QED) is 0.780. The van der Waals surface area contributed by atoms with Crippen molar-refractivity contribution in [3.8, 4) is 5.75 Å². The Morgan fingerprint density at radius 3 is 2.42 bits per heavy atom. The lowest BCUT2D eigenvalue weighted by Crippen LogP contribution is -2.19. The van der Waals surface area contributed by atoms with E-state index in [1.54, 1.807) is 6.07 Å². The molecule has 0 saturated heterocycles. The van der Waals surface area contributed by atoms with Crippen LogP contribution < -0.4 is 4.74 Å². The van der Waals surface area contributed by atoms with Crippen molar-refractivity contribution in [2.75, 3.05) is 0 Å². The molecule has 2 nitrogen and oxygen atoms in total. The van der Waals surface area contributed by atoms with Crippen LogP contribution in [0.2, 0.25) is 0 Å². The lowest BCUT2D eigenvalue weighted by molar-refractivity contribution is -0.274. The Morgan fingerprint density at radius 2 is 1.79 bits per heavy atom. The van der Waals surface area contributed by atoms with Gasteiger partial charge in [-0.1, -0.05) is 18.6 Å². The highest BCUT2D eigenvalue weighted by Gasteiger charge is 2.56. The van der Waals surface area contributed by atoms with E-state index in [9.17, 15) is 18.0 Å². The molecule has 0 bridgehead atoms. The zero-order chi connectivity index (χ0) is 13.6. The molecule has 102 valence electrons. The molecular weight excluding hydrogens is 257 g/mol. The molecule has 0 radical (unpaired) electrons. The summed E-state index contributed by atoms with van der Waals surface area (Å²) in [6.07, 6.45) is -1.61. The Morgan fingerprint density at radius 1 is 1.16 bits per heavy atom. The zero-order valence-electron chi connectivity index (χ0n) is 10.1. The van der Waals surface area contributed by atoms with Crippen LogP contribution in [0.4, 0.5) is 13.2 Å². The maximum Gasteiger partial charge on any atom is 0.573 e. The smallest absolute Gasteiger partial charge is 0.405 e. The van der Waals surface area contributed by atoms with E-state index in [4.69, 9.17) is 0 Å². The first-order valence-corrected chi connectivity index (χ1v) is 6.36. The molecule has 1 aromatic rings. The summed E-state index contributed by atoms with van der Waals surface area (Å²) in [6, 6.07) is 5.61. The van der Waals surface area contributed by atoms with Gasteiger partial charge in [0.1, 0.15) is 5.75 Å². The first-order chi connectivity index (χ1) is 8.97. The van der Waals surface area contributed by atoms with Crippen molar-refractivity contribution in [3.63, 3.8) is 0 Å². The highest BCUT2D eigenvalue weighted by molar-refractivity contribution is 6.02. The number of alkyl halides is 3. The van der Waals surface area contributed by atoms with E-state index in [0.717, 1.165) is 19.3 Å². The van der Waals surface area contributed by atoms with Crippen molar-refractivity contribution in [1.82, 2.24) is 0 Å². The third-order valence-corrected chi connectivity index (χ3v) is 4.09. The molecule has 0 heterocycles. The first-order valence-electron chi connectivity index (χ1n) is 6.36. The molecule has 19 heavy (non-hydrogen) atoms. The van der Waals surface area contributed by atoms with Crippen LogP contribution in [0.25, 0.3) is 0 Å². The standard InChI is InChI=1S/C14H13F3O2/c15-14(16,17)19-11-7-2-1-4-10(11)13(18)12-8-5-3-6-9(8)12/h1-2,4,7-9,12H,3,5-6H2. The predicted octanol–water partition coefficient (Wildman–Crippen LogP) is 3.81. The van der Waals surface area contributed by atoms with Crippen LogP contribution in [0.15, 0.2) is 24.3 Å². The maximum absolute atomic E-state index is 12.3. The summed E-state index contributed by atoms with van der Waals surface area (Å²) in [5.74, 6) is 0.0872. The molecule has 0 aromatic heterocycles. The Bertz CT molecular complexity index is 500. The van der Waals surface area contributed by atoms with Crippen molar-refractivity contribution in [1.29, 1.82) is 0 Å². The lowest BCUT2D eigenvalue weighted by Gasteiger charge is -2.12.